The molecule has 0 bridgehead atoms. The van der Waals surface area contributed by atoms with E-state index in [1.54, 1.807) is 13.8 Å². The molecular weight excluding hydrogens is 312 g/mol. The fourth-order valence-electron chi connectivity index (χ4n) is 2.28. The number of rotatable bonds is 3. The average Bonchev–Trinajstić information content (AvgIpc) is 2.92. The number of nitrogens with zero attached hydrogens (tertiary/aromatic N) is 2. The highest BCUT2D eigenvalue weighted by Crippen LogP contribution is 2.30. The predicted octanol–water partition coefficient (Wildman–Crippen LogP) is 2.49. The maximum Gasteiger partial charge on any atom is 0.161 e. The Hall–Kier alpha value is -2.41. The zero-order chi connectivity index (χ0) is 16.8. The van der Waals surface area contributed by atoms with Crippen molar-refractivity contribution in [2.75, 3.05) is 12.0 Å². The summed E-state index contributed by atoms with van der Waals surface area (Å²) in [4.78, 5) is 11.8. The largest absolute Gasteiger partial charge is 0.384 e. The van der Waals surface area contributed by atoms with E-state index in [2.05, 4.69) is 15.0 Å². The Bertz CT molecular complexity index is 990. The number of nitrogens with one attached hydrogen (secondary N) is 1. The minimum Gasteiger partial charge on any atom is -0.384 e. The lowest BCUT2D eigenvalue weighted by Crippen LogP contribution is -2.29. The number of nitrogen functional groups attached to an aromatic ring is 1. The Morgan fingerprint density at radius 1 is 1.13 bits per heavy atom. The van der Waals surface area contributed by atoms with Gasteiger partial charge in [0.1, 0.15) is 10.6 Å². The Morgan fingerprint density at radius 2 is 1.87 bits per heavy atom. The van der Waals surface area contributed by atoms with Gasteiger partial charge >= 0.3 is 0 Å². The minimum absolute atomic E-state index is 0.244. The van der Waals surface area contributed by atoms with Crippen LogP contribution in [0.1, 0.15) is 19.5 Å². The van der Waals surface area contributed by atoms with E-state index >= 15 is 0 Å². The summed E-state index contributed by atoms with van der Waals surface area (Å²) in [6, 6.07) is 9.24. The molecule has 2 heterocycles. The van der Waals surface area contributed by atoms with E-state index in [-0.39, 0.29) is 5.82 Å². The van der Waals surface area contributed by atoms with Gasteiger partial charge < -0.3 is 10.7 Å². The molecule has 3 aromatic rings. The Morgan fingerprint density at radius 3 is 2.57 bits per heavy atom. The molecule has 3 rings (SSSR count). The smallest absolute Gasteiger partial charge is 0.161 e. The zero-order valence-corrected chi connectivity index (χ0v) is 14.0. The summed E-state index contributed by atoms with van der Waals surface area (Å²) in [7, 11) is -3.35. The third-order valence-electron chi connectivity index (χ3n) is 4.10. The van der Waals surface area contributed by atoms with Crippen LogP contribution in [-0.2, 0) is 14.6 Å². The molecule has 0 amide bonds. The van der Waals surface area contributed by atoms with E-state index in [0.717, 1.165) is 16.5 Å². The molecule has 2 aromatic heterocycles. The molecule has 0 spiro atoms. The molecule has 120 valence electrons. The Balaban J connectivity index is 2.17. The van der Waals surface area contributed by atoms with E-state index in [1.165, 1.54) is 12.3 Å². The van der Waals surface area contributed by atoms with Crippen molar-refractivity contribution in [3.05, 3.63) is 42.2 Å². The summed E-state index contributed by atoms with van der Waals surface area (Å²) in [6.45, 7) is 3.23. The molecular formula is C16H18N4O2S. The van der Waals surface area contributed by atoms with Gasteiger partial charge in [0, 0.05) is 29.6 Å². The van der Waals surface area contributed by atoms with Crippen molar-refractivity contribution in [3.8, 4) is 11.4 Å². The van der Waals surface area contributed by atoms with Gasteiger partial charge in [-0.25, -0.2) is 18.4 Å². The molecule has 6 nitrogen and oxygen atoms in total. The number of nitrogens with two attached hydrogens (primary N) is 1. The second kappa shape index (κ2) is 5.06. The van der Waals surface area contributed by atoms with E-state index in [0.29, 0.717) is 11.5 Å². The highest BCUT2D eigenvalue weighted by Gasteiger charge is 2.34. The molecule has 0 aliphatic heterocycles. The Labute approximate surface area is 134 Å². The second-order valence-electron chi connectivity index (χ2n) is 6.06. The maximum absolute atomic E-state index is 12.0. The van der Waals surface area contributed by atoms with Crippen molar-refractivity contribution in [3.63, 3.8) is 0 Å². The zero-order valence-electron chi connectivity index (χ0n) is 13.2. The molecule has 1 aromatic carbocycles. The molecule has 0 fully saturated rings. The Kier molecular flexibility index (Phi) is 3.40. The first kappa shape index (κ1) is 15.5. The fraction of sp³-hybridized carbons (Fsp3) is 0.250. The van der Waals surface area contributed by atoms with Crippen LogP contribution in [0, 0.1) is 0 Å². The van der Waals surface area contributed by atoms with Gasteiger partial charge in [0.25, 0.3) is 0 Å². The van der Waals surface area contributed by atoms with Gasteiger partial charge in [0.05, 0.1) is 5.69 Å². The lowest BCUT2D eigenvalue weighted by atomic mass is 10.1. The highest BCUT2D eigenvalue weighted by atomic mass is 32.2. The van der Waals surface area contributed by atoms with Crippen molar-refractivity contribution in [1.29, 1.82) is 0 Å². The second-order valence-corrected chi connectivity index (χ2v) is 8.63. The monoisotopic (exact) mass is 330 g/mol. The molecule has 0 aliphatic carbocycles. The van der Waals surface area contributed by atoms with Gasteiger partial charge in [0.2, 0.25) is 0 Å². The summed E-state index contributed by atoms with van der Waals surface area (Å²) < 4.78 is 22.9. The average molecular weight is 330 g/mol. The third-order valence-corrected chi connectivity index (χ3v) is 6.17. The standard InChI is InChI=1S/C16H18N4O2S/c1-16(2,23(3,21)22)13-9-14(17)20-15(19-13)11-5-4-10-6-7-18-12(10)8-11/h4-9,18H,1-3H3,(H2,17,19,20). The molecule has 0 saturated heterocycles. The summed E-state index contributed by atoms with van der Waals surface area (Å²) in [5.74, 6) is 0.654. The third kappa shape index (κ3) is 2.68. The number of benzene rings is 1. The van der Waals surface area contributed by atoms with Crippen LogP contribution in [0.5, 0.6) is 0 Å². The molecule has 3 N–H and O–H groups in total. The van der Waals surface area contributed by atoms with Gasteiger partial charge in [-0.15, -0.1) is 0 Å². The summed E-state index contributed by atoms with van der Waals surface area (Å²) >= 11 is 0. The lowest BCUT2D eigenvalue weighted by Gasteiger charge is -2.22. The van der Waals surface area contributed by atoms with Crippen molar-refractivity contribution in [1.82, 2.24) is 15.0 Å². The van der Waals surface area contributed by atoms with Gasteiger partial charge in [-0.05, 0) is 31.4 Å². The predicted molar refractivity (Wildman–Crippen MR) is 91.6 cm³/mol. The van der Waals surface area contributed by atoms with E-state index in [4.69, 9.17) is 5.73 Å². The number of sulfone groups is 1. The normalized spacial score (nSPS) is 12.7. The molecule has 0 unspecified atom stereocenters. The van der Waals surface area contributed by atoms with Crippen LogP contribution in [-0.4, -0.2) is 29.6 Å². The van der Waals surface area contributed by atoms with Crippen LogP contribution in [0.15, 0.2) is 36.5 Å². The van der Waals surface area contributed by atoms with Crippen molar-refractivity contribution >= 4 is 26.6 Å². The van der Waals surface area contributed by atoms with Crippen LogP contribution in [0.2, 0.25) is 0 Å². The first-order valence-electron chi connectivity index (χ1n) is 7.10. The number of aromatic nitrogens is 3. The molecule has 0 saturated carbocycles. The quantitative estimate of drug-likeness (QED) is 0.768. The SMILES string of the molecule is CC(C)(c1cc(N)nc(-c2ccc3cc[nH]c3c2)n1)S(C)(=O)=O. The van der Waals surface area contributed by atoms with Gasteiger partial charge in [-0.1, -0.05) is 12.1 Å². The number of H-pyrrole nitrogens is 1. The topological polar surface area (TPSA) is 102 Å². The van der Waals surface area contributed by atoms with Crippen LogP contribution in [0.25, 0.3) is 22.3 Å². The molecule has 7 heteroatoms. The van der Waals surface area contributed by atoms with Crippen LogP contribution < -0.4 is 5.73 Å². The summed E-state index contributed by atoms with van der Waals surface area (Å²) in [5, 5.41) is 1.08. The number of fused-ring (bicyclic) bond motifs is 1. The van der Waals surface area contributed by atoms with Crippen LogP contribution >= 0.6 is 0 Å². The molecule has 0 radical (unpaired) electrons. The highest BCUT2D eigenvalue weighted by molar-refractivity contribution is 7.91. The van der Waals surface area contributed by atoms with Crippen LogP contribution in [0.4, 0.5) is 5.82 Å². The van der Waals surface area contributed by atoms with Gasteiger partial charge in [0.15, 0.2) is 15.7 Å². The number of anilines is 1. The van der Waals surface area contributed by atoms with Crippen LogP contribution in [0.3, 0.4) is 0 Å². The van der Waals surface area contributed by atoms with E-state index in [1.807, 2.05) is 30.5 Å². The first-order valence-corrected chi connectivity index (χ1v) is 9.00. The number of hydrogen-bond donors (Lipinski definition) is 2. The fourth-order valence-corrected chi connectivity index (χ4v) is 2.76. The number of hydrogen-bond acceptors (Lipinski definition) is 5. The van der Waals surface area contributed by atoms with E-state index < -0.39 is 14.6 Å². The maximum atomic E-state index is 12.0. The van der Waals surface area contributed by atoms with Gasteiger partial charge in [-0.3, -0.25) is 0 Å². The minimum atomic E-state index is -3.35. The lowest BCUT2D eigenvalue weighted by molar-refractivity contribution is 0.556. The molecule has 0 aliphatic rings. The van der Waals surface area contributed by atoms with Crippen molar-refractivity contribution < 1.29 is 8.42 Å². The number of aromatic amines is 1. The summed E-state index contributed by atoms with van der Waals surface area (Å²) in [5.41, 5.74) is 7.99. The molecule has 0 atom stereocenters. The van der Waals surface area contributed by atoms with Crippen molar-refractivity contribution in [2.24, 2.45) is 0 Å². The molecule has 23 heavy (non-hydrogen) atoms. The first-order chi connectivity index (χ1) is 10.7. The van der Waals surface area contributed by atoms with Crippen molar-refractivity contribution in [2.45, 2.75) is 18.6 Å². The van der Waals surface area contributed by atoms with Gasteiger partial charge in [-0.2, -0.15) is 0 Å². The summed E-state index contributed by atoms with van der Waals surface area (Å²) in [6.07, 6.45) is 3.04. The van der Waals surface area contributed by atoms with E-state index in [9.17, 15) is 8.42 Å².